The number of benzene rings is 2. The van der Waals surface area contributed by atoms with Gasteiger partial charge >= 0.3 is 5.97 Å². The minimum atomic E-state index is -0.441. The highest BCUT2D eigenvalue weighted by molar-refractivity contribution is 6.42. The Labute approximate surface area is 140 Å². The molecule has 0 aliphatic heterocycles. The zero-order valence-electron chi connectivity index (χ0n) is 12.3. The molecule has 0 saturated heterocycles. The van der Waals surface area contributed by atoms with E-state index >= 15 is 0 Å². The van der Waals surface area contributed by atoms with E-state index in [1.165, 1.54) is 11.6 Å². The van der Waals surface area contributed by atoms with Crippen LogP contribution in [0.4, 0.5) is 0 Å². The predicted molar refractivity (Wildman–Crippen MR) is 91.7 cm³/mol. The molecule has 2 aromatic rings. The highest BCUT2D eigenvalue weighted by atomic mass is 35.5. The number of ether oxygens (including phenoxy) is 1. The highest BCUT2D eigenvalue weighted by Gasteiger charge is 2.03. The number of halogens is 2. The summed E-state index contributed by atoms with van der Waals surface area (Å²) in [5.41, 5.74) is 1.98. The van der Waals surface area contributed by atoms with Gasteiger partial charge in [0, 0.05) is 6.08 Å². The van der Waals surface area contributed by atoms with Crippen molar-refractivity contribution < 1.29 is 9.53 Å². The average Bonchev–Trinajstić information content (AvgIpc) is 2.49. The van der Waals surface area contributed by atoms with Crippen molar-refractivity contribution in [2.24, 2.45) is 0 Å². The first kappa shape index (κ1) is 16.6. The van der Waals surface area contributed by atoms with Crippen LogP contribution in [0.2, 0.25) is 10.0 Å². The Bertz CT molecular complexity index is 689. The smallest absolute Gasteiger partial charge is 0.336 e. The molecule has 0 aromatic heterocycles. The van der Waals surface area contributed by atoms with Crippen LogP contribution < -0.4 is 4.74 Å². The van der Waals surface area contributed by atoms with Crippen molar-refractivity contribution in [2.45, 2.75) is 19.8 Å². The number of carbonyl (C=O) groups excluding carboxylic acids is 1. The van der Waals surface area contributed by atoms with Gasteiger partial charge in [-0.3, -0.25) is 0 Å². The van der Waals surface area contributed by atoms with Gasteiger partial charge in [0.25, 0.3) is 0 Å². The summed E-state index contributed by atoms with van der Waals surface area (Å²) in [5, 5.41) is 0.924. The number of hydrogen-bond acceptors (Lipinski definition) is 2. The van der Waals surface area contributed by atoms with Gasteiger partial charge in [-0.25, -0.2) is 4.79 Å². The Morgan fingerprint density at radius 3 is 2.32 bits per heavy atom. The van der Waals surface area contributed by atoms with Crippen LogP contribution in [-0.4, -0.2) is 5.97 Å². The Balaban J connectivity index is 2.00. The normalized spacial score (nSPS) is 11.1. The molecule has 0 amide bonds. The first-order valence-electron chi connectivity index (χ1n) is 6.90. The van der Waals surface area contributed by atoms with Crippen LogP contribution in [0.25, 0.3) is 6.08 Å². The van der Waals surface area contributed by atoms with Crippen molar-refractivity contribution in [3.63, 3.8) is 0 Å². The number of hydrogen-bond donors (Lipinski definition) is 0. The largest absolute Gasteiger partial charge is 0.423 e. The number of esters is 1. The Morgan fingerprint density at radius 1 is 1.05 bits per heavy atom. The van der Waals surface area contributed by atoms with E-state index in [0.29, 0.717) is 21.7 Å². The molecule has 0 spiro atoms. The zero-order chi connectivity index (χ0) is 16.1. The molecule has 0 saturated carbocycles. The summed E-state index contributed by atoms with van der Waals surface area (Å²) >= 11 is 11.8. The lowest BCUT2D eigenvalue weighted by molar-refractivity contribution is -0.128. The average molecular weight is 335 g/mol. The second-order valence-electron chi connectivity index (χ2n) is 5.15. The summed E-state index contributed by atoms with van der Waals surface area (Å²) in [6.07, 6.45) is 2.99. The second kappa shape index (κ2) is 7.48. The van der Waals surface area contributed by atoms with Crippen LogP contribution in [-0.2, 0) is 4.79 Å². The molecule has 0 heterocycles. The van der Waals surface area contributed by atoms with Crippen molar-refractivity contribution in [3.05, 3.63) is 69.7 Å². The molecule has 0 unspecified atom stereocenters. The first-order valence-corrected chi connectivity index (χ1v) is 7.66. The van der Waals surface area contributed by atoms with Crippen molar-refractivity contribution in [2.75, 3.05) is 0 Å². The van der Waals surface area contributed by atoms with E-state index in [4.69, 9.17) is 27.9 Å². The molecule has 0 atom stereocenters. The molecular formula is C18H16Cl2O2. The second-order valence-corrected chi connectivity index (χ2v) is 5.97. The van der Waals surface area contributed by atoms with Crippen LogP contribution in [0, 0.1) is 0 Å². The van der Waals surface area contributed by atoms with Gasteiger partial charge in [-0.2, -0.15) is 0 Å². The molecule has 0 fully saturated rings. The Kier molecular flexibility index (Phi) is 5.64. The maximum atomic E-state index is 11.8. The molecule has 0 aliphatic carbocycles. The molecule has 2 nitrogen and oxygen atoms in total. The van der Waals surface area contributed by atoms with Crippen LogP contribution in [0.15, 0.2) is 48.5 Å². The SMILES string of the molecule is CC(C)c1ccc(OC(=O)/C=C/c2ccc(Cl)c(Cl)c2)cc1. The van der Waals surface area contributed by atoms with Crippen LogP contribution in [0.5, 0.6) is 5.75 Å². The summed E-state index contributed by atoms with van der Waals surface area (Å²) in [6, 6.07) is 12.6. The molecule has 22 heavy (non-hydrogen) atoms. The van der Waals surface area contributed by atoms with Gasteiger partial charge in [0.2, 0.25) is 0 Å². The van der Waals surface area contributed by atoms with Gasteiger partial charge in [-0.05, 0) is 47.4 Å². The third-order valence-electron chi connectivity index (χ3n) is 3.12. The van der Waals surface area contributed by atoms with Gasteiger partial charge in [0.15, 0.2) is 0 Å². The molecular weight excluding hydrogens is 319 g/mol. The Hall–Kier alpha value is -1.77. The number of carbonyl (C=O) groups is 1. The lowest BCUT2D eigenvalue weighted by Crippen LogP contribution is -2.03. The van der Waals surface area contributed by atoms with Gasteiger partial charge in [0.05, 0.1) is 10.0 Å². The summed E-state index contributed by atoms with van der Waals surface area (Å²) in [5.74, 6) is 0.524. The van der Waals surface area contributed by atoms with E-state index in [1.54, 1.807) is 36.4 Å². The van der Waals surface area contributed by atoms with Crippen molar-refractivity contribution in [3.8, 4) is 5.75 Å². The van der Waals surface area contributed by atoms with Crippen LogP contribution in [0.3, 0.4) is 0 Å². The van der Waals surface area contributed by atoms with Gasteiger partial charge in [-0.1, -0.05) is 55.2 Å². The van der Waals surface area contributed by atoms with E-state index in [-0.39, 0.29) is 0 Å². The van der Waals surface area contributed by atoms with E-state index in [9.17, 15) is 4.79 Å². The van der Waals surface area contributed by atoms with Crippen LogP contribution in [0.1, 0.15) is 30.9 Å². The fraction of sp³-hybridized carbons (Fsp3) is 0.167. The standard InChI is InChI=1S/C18H16Cl2O2/c1-12(2)14-5-7-15(8-6-14)22-18(21)10-4-13-3-9-16(19)17(20)11-13/h3-12H,1-2H3/b10-4+. The maximum Gasteiger partial charge on any atom is 0.336 e. The lowest BCUT2D eigenvalue weighted by atomic mass is 10.0. The lowest BCUT2D eigenvalue weighted by Gasteiger charge is -2.06. The summed E-state index contributed by atoms with van der Waals surface area (Å²) < 4.78 is 5.24. The molecule has 0 N–H and O–H groups in total. The molecule has 0 bridgehead atoms. The third kappa shape index (κ3) is 4.62. The minimum Gasteiger partial charge on any atom is -0.423 e. The maximum absolute atomic E-state index is 11.8. The molecule has 0 radical (unpaired) electrons. The Morgan fingerprint density at radius 2 is 1.73 bits per heavy atom. The minimum absolute atomic E-state index is 0.441. The third-order valence-corrected chi connectivity index (χ3v) is 3.86. The molecule has 4 heteroatoms. The molecule has 2 aromatic carbocycles. The molecule has 2 rings (SSSR count). The van der Waals surface area contributed by atoms with E-state index < -0.39 is 5.97 Å². The van der Waals surface area contributed by atoms with Gasteiger partial charge in [0.1, 0.15) is 5.75 Å². The quantitative estimate of drug-likeness (QED) is 0.405. The van der Waals surface area contributed by atoms with Crippen molar-refractivity contribution in [1.29, 1.82) is 0 Å². The van der Waals surface area contributed by atoms with Crippen molar-refractivity contribution >= 4 is 35.2 Å². The van der Waals surface area contributed by atoms with Crippen molar-refractivity contribution in [1.82, 2.24) is 0 Å². The van der Waals surface area contributed by atoms with Crippen LogP contribution >= 0.6 is 23.2 Å². The van der Waals surface area contributed by atoms with E-state index in [2.05, 4.69) is 13.8 Å². The fourth-order valence-corrected chi connectivity index (χ4v) is 2.16. The first-order chi connectivity index (χ1) is 10.5. The van der Waals surface area contributed by atoms with Gasteiger partial charge < -0.3 is 4.74 Å². The monoisotopic (exact) mass is 334 g/mol. The van der Waals surface area contributed by atoms with E-state index in [0.717, 1.165) is 5.56 Å². The summed E-state index contributed by atoms with van der Waals surface area (Å²) in [6.45, 7) is 4.22. The zero-order valence-corrected chi connectivity index (χ0v) is 13.9. The molecule has 114 valence electrons. The number of rotatable bonds is 4. The topological polar surface area (TPSA) is 26.3 Å². The van der Waals surface area contributed by atoms with E-state index in [1.807, 2.05) is 12.1 Å². The molecule has 0 aliphatic rings. The van der Waals surface area contributed by atoms with Gasteiger partial charge in [-0.15, -0.1) is 0 Å². The fourth-order valence-electron chi connectivity index (χ4n) is 1.85. The predicted octanol–water partition coefficient (Wildman–Crippen LogP) is 5.74. The summed E-state index contributed by atoms with van der Waals surface area (Å²) in [4.78, 5) is 11.8. The summed E-state index contributed by atoms with van der Waals surface area (Å²) in [7, 11) is 0. The highest BCUT2D eigenvalue weighted by Crippen LogP contribution is 2.23.